The highest BCUT2D eigenvalue weighted by atomic mass is 16.7. The zero-order valence-electron chi connectivity index (χ0n) is 4.81. The first-order valence-electron chi connectivity index (χ1n) is 2.26. The lowest BCUT2D eigenvalue weighted by Crippen LogP contribution is -2.03. The molecule has 0 saturated carbocycles. The summed E-state index contributed by atoms with van der Waals surface area (Å²) in [5.41, 5.74) is 0. The van der Waals surface area contributed by atoms with Crippen LogP contribution in [0.15, 0.2) is 0 Å². The molecule has 0 aliphatic heterocycles. The van der Waals surface area contributed by atoms with Gasteiger partial charge in [-0.15, -0.1) is 0 Å². The lowest BCUT2D eigenvalue weighted by Gasteiger charge is -2.03. The van der Waals surface area contributed by atoms with E-state index in [4.69, 9.17) is 4.74 Å². The van der Waals surface area contributed by atoms with Crippen LogP contribution in [-0.4, -0.2) is 12.9 Å². The quantitative estimate of drug-likeness (QED) is 0.499. The van der Waals surface area contributed by atoms with Gasteiger partial charge in [0.15, 0.2) is 0 Å². The van der Waals surface area contributed by atoms with Crippen molar-refractivity contribution in [1.29, 1.82) is 0 Å². The van der Waals surface area contributed by atoms with Crippen molar-refractivity contribution in [1.82, 2.24) is 0 Å². The van der Waals surface area contributed by atoms with Crippen LogP contribution in [0.1, 0.15) is 13.8 Å². The number of rotatable bonds is 3. The predicted octanol–water partition coefficient (Wildman–Crippen LogP) is 1.18. The number of hydrogen-bond acceptors (Lipinski definition) is 2. The smallest absolute Gasteiger partial charge is 0.147 e. The lowest BCUT2D eigenvalue weighted by atomic mass is 10.5. The molecule has 43 valence electrons. The summed E-state index contributed by atoms with van der Waals surface area (Å²) in [4.78, 5) is 0. The van der Waals surface area contributed by atoms with Crippen molar-refractivity contribution in [2.75, 3.05) is 6.79 Å². The van der Waals surface area contributed by atoms with Gasteiger partial charge in [0, 0.05) is 0 Å². The molecule has 0 aliphatic carbocycles. The largest absolute Gasteiger partial charge is 0.353 e. The zero-order valence-corrected chi connectivity index (χ0v) is 4.81. The van der Waals surface area contributed by atoms with E-state index in [0.717, 1.165) is 0 Å². The molecule has 7 heavy (non-hydrogen) atoms. The molecule has 0 aromatic heterocycles. The van der Waals surface area contributed by atoms with E-state index < -0.39 is 0 Å². The van der Waals surface area contributed by atoms with Crippen LogP contribution in [0, 0.1) is 7.11 Å². The Morgan fingerprint density at radius 3 is 2.29 bits per heavy atom. The van der Waals surface area contributed by atoms with Crippen molar-refractivity contribution < 1.29 is 9.47 Å². The fourth-order valence-corrected chi connectivity index (χ4v) is 0.184. The second-order valence-corrected chi connectivity index (χ2v) is 1.54. The Morgan fingerprint density at radius 1 is 1.57 bits per heavy atom. The number of hydrogen-bond donors (Lipinski definition) is 0. The molecule has 2 nitrogen and oxygen atoms in total. The average molecular weight is 103 g/mol. The molecule has 0 heterocycles. The zero-order chi connectivity index (χ0) is 5.70. The van der Waals surface area contributed by atoms with E-state index in [1.165, 1.54) is 0 Å². The van der Waals surface area contributed by atoms with Crippen LogP contribution in [0.5, 0.6) is 0 Å². The Morgan fingerprint density at radius 2 is 2.14 bits per heavy atom. The summed E-state index contributed by atoms with van der Waals surface area (Å²) < 4.78 is 9.29. The lowest BCUT2D eigenvalue weighted by molar-refractivity contribution is -0.0450. The third-order valence-corrected chi connectivity index (χ3v) is 0.485. The summed E-state index contributed by atoms with van der Waals surface area (Å²) in [7, 11) is 3.13. The van der Waals surface area contributed by atoms with Gasteiger partial charge in [-0.1, -0.05) is 0 Å². The van der Waals surface area contributed by atoms with Gasteiger partial charge >= 0.3 is 0 Å². The summed E-state index contributed by atoms with van der Waals surface area (Å²) in [6.07, 6.45) is 0.238. The van der Waals surface area contributed by atoms with Crippen molar-refractivity contribution in [3.8, 4) is 0 Å². The molecular weight excluding hydrogens is 92.1 g/mol. The Kier molecular flexibility index (Phi) is 4.04. The molecule has 0 unspecified atom stereocenters. The van der Waals surface area contributed by atoms with Crippen LogP contribution in [0.2, 0.25) is 0 Å². The first-order chi connectivity index (χ1) is 3.27. The summed E-state index contributed by atoms with van der Waals surface area (Å²) in [5, 5.41) is 0. The summed E-state index contributed by atoms with van der Waals surface area (Å²) in [6, 6.07) is 0. The van der Waals surface area contributed by atoms with Gasteiger partial charge in [-0.3, -0.25) is 0 Å². The molecule has 0 spiro atoms. The monoisotopic (exact) mass is 103 g/mol. The third-order valence-electron chi connectivity index (χ3n) is 0.485. The molecule has 2 heteroatoms. The molecule has 0 bridgehead atoms. The highest BCUT2D eigenvalue weighted by Crippen LogP contribution is 1.85. The number of ether oxygens (including phenoxy) is 2. The van der Waals surface area contributed by atoms with Crippen molar-refractivity contribution in [3.05, 3.63) is 7.11 Å². The second kappa shape index (κ2) is 4.09. The van der Waals surface area contributed by atoms with Crippen LogP contribution in [0.25, 0.3) is 0 Å². The molecule has 0 N–H and O–H groups in total. The maximum atomic E-state index is 4.91. The van der Waals surface area contributed by atoms with Gasteiger partial charge in [0.2, 0.25) is 0 Å². The van der Waals surface area contributed by atoms with Crippen molar-refractivity contribution in [3.63, 3.8) is 0 Å². The minimum atomic E-state index is 0.238. The van der Waals surface area contributed by atoms with Gasteiger partial charge in [0.25, 0.3) is 0 Å². The maximum absolute atomic E-state index is 4.91. The molecule has 1 radical (unpaired) electrons. The van der Waals surface area contributed by atoms with E-state index in [1.807, 2.05) is 13.8 Å². The molecule has 0 atom stereocenters. The molecular formula is C5H11O2. The standard InChI is InChI=1S/C5H11O2/c1-5(2)7-4-6-3/h5H,3-4H2,1-2H3. The molecule has 0 saturated heterocycles. The molecule has 0 fully saturated rings. The van der Waals surface area contributed by atoms with Crippen LogP contribution in [0.4, 0.5) is 0 Å². The summed E-state index contributed by atoms with van der Waals surface area (Å²) in [5.74, 6) is 0. The van der Waals surface area contributed by atoms with Gasteiger partial charge in [-0.05, 0) is 13.8 Å². The fourth-order valence-electron chi connectivity index (χ4n) is 0.184. The van der Waals surface area contributed by atoms with Crippen molar-refractivity contribution in [2.24, 2.45) is 0 Å². The molecule has 0 rings (SSSR count). The van der Waals surface area contributed by atoms with E-state index in [-0.39, 0.29) is 12.9 Å². The van der Waals surface area contributed by atoms with E-state index in [0.29, 0.717) is 0 Å². The van der Waals surface area contributed by atoms with Crippen LogP contribution >= 0.6 is 0 Å². The van der Waals surface area contributed by atoms with Gasteiger partial charge in [0.1, 0.15) is 6.79 Å². The van der Waals surface area contributed by atoms with Gasteiger partial charge in [-0.25, -0.2) is 0 Å². The van der Waals surface area contributed by atoms with E-state index in [1.54, 1.807) is 0 Å². The topological polar surface area (TPSA) is 18.5 Å². The highest BCUT2D eigenvalue weighted by Gasteiger charge is 1.87. The second-order valence-electron chi connectivity index (χ2n) is 1.54. The van der Waals surface area contributed by atoms with Gasteiger partial charge < -0.3 is 9.47 Å². The van der Waals surface area contributed by atoms with Gasteiger partial charge in [-0.2, -0.15) is 0 Å². The Balaban J connectivity index is 2.68. The average Bonchev–Trinajstić information content (AvgIpc) is 1.61. The van der Waals surface area contributed by atoms with E-state index >= 15 is 0 Å². The summed E-state index contributed by atoms with van der Waals surface area (Å²) in [6.45, 7) is 4.18. The minimum Gasteiger partial charge on any atom is -0.353 e. The first-order valence-corrected chi connectivity index (χ1v) is 2.26. The van der Waals surface area contributed by atoms with Crippen LogP contribution in [0.3, 0.4) is 0 Å². The fraction of sp³-hybridized carbons (Fsp3) is 0.800. The van der Waals surface area contributed by atoms with Crippen molar-refractivity contribution >= 4 is 0 Å². The van der Waals surface area contributed by atoms with Crippen molar-refractivity contribution in [2.45, 2.75) is 20.0 Å². The maximum Gasteiger partial charge on any atom is 0.147 e. The Hall–Kier alpha value is -0.0800. The van der Waals surface area contributed by atoms with E-state index in [2.05, 4.69) is 11.8 Å². The molecule has 0 aliphatic rings. The Bertz CT molecular complexity index is 35.1. The Labute approximate surface area is 44.4 Å². The third kappa shape index (κ3) is 5.92. The predicted molar refractivity (Wildman–Crippen MR) is 27.5 cm³/mol. The van der Waals surface area contributed by atoms with Crippen LogP contribution < -0.4 is 0 Å². The first kappa shape index (κ1) is 6.92. The normalized spacial score (nSPS) is 10.3. The molecule has 0 aromatic rings. The molecule has 0 amide bonds. The van der Waals surface area contributed by atoms with Gasteiger partial charge in [0.05, 0.1) is 13.2 Å². The van der Waals surface area contributed by atoms with Crippen LogP contribution in [-0.2, 0) is 9.47 Å². The SMILES string of the molecule is [CH2]OCOC(C)C. The van der Waals surface area contributed by atoms with E-state index in [9.17, 15) is 0 Å². The summed E-state index contributed by atoms with van der Waals surface area (Å²) >= 11 is 0. The highest BCUT2D eigenvalue weighted by molar-refractivity contribution is 4.29. The minimum absolute atomic E-state index is 0.238. The molecule has 0 aromatic carbocycles.